The molecule has 0 saturated carbocycles. The zero-order chi connectivity index (χ0) is 13.2. The van der Waals surface area contributed by atoms with Crippen LogP contribution in [0.25, 0.3) is 0 Å². The lowest BCUT2D eigenvalue weighted by atomic mass is 9.82. The molecule has 2 N–H and O–H groups in total. The second-order valence-electron chi connectivity index (χ2n) is 5.93. The van der Waals surface area contributed by atoms with Gasteiger partial charge >= 0.3 is 0 Å². The van der Waals surface area contributed by atoms with Crippen molar-refractivity contribution in [3.05, 3.63) is 27.8 Å². The number of benzene rings is 1. The standard InChI is InChI=1S/C16H22ClNO/c17-15-10-12-3-1-2-4-13(12)14(16(15)19)9-11-5-7-18-8-6-11/h10-11,18-19H,1-9H2. The zero-order valence-corrected chi connectivity index (χ0v) is 12.1. The first-order valence-corrected chi connectivity index (χ1v) is 7.86. The molecule has 2 aliphatic rings. The van der Waals surface area contributed by atoms with Gasteiger partial charge < -0.3 is 10.4 Å². The minimum absolute atomic E-state index is 0.348. The van der Waals surface area contributed by atoms with Crippen LogP contribution in [0.1, 0.15) is 42.4 Å². The molecule has 0 spiro atoms. The zero-order valence-electron chi connectivity index (χ0n) is 11.3. The topological polar surface area (TPSA) is 32.3 Å². The number of nitrogens with one attached hydrogen (secondary N) is 1. The van der Waals surface area contributed by atoms with Crippen LogP contribution in [0.15, 0.2) is 6.07 Å². The molecule has 19 heavy (non-hydrogen) atoms. The number of fused-ring (bicyclic) bond motifs is 1. The van der Waals surface area contributed by atoms with Crippen LogP contribution in [0, 0.1) is 5.92 Å². The maximum absolute atomic E-state index is 10.3. The molecule has 1 saturated heterocycles. The van der Waals surface area contributed by atoms with Gasteiger partial charge in [-0.15, -0.1) is 0 Å². The minimum Gasteiger partial charge on any atom is -0.506 e. The number of hydrogen-bond acceptors (Lipinski definition) is 2. The summed E-state index contributed by atoms with van der Waals surface area (Å²) in [5.41, 5.74) is 3.92. The highest BCUT2D eigenvalue weighted by molar-refractivity contribution is 6.32. The van der Waals surface area contributed by atoms with Gasteiger partial charge in [-0.2, -0.15) is 0 Å². The first kappa shape index (κ1) is 13.3. The van der Waals surface area contributed by atoms with Crippen molar-refractivity contribution in [2.75, 3.05) is 13.1 Å². The summed E-state index contributed by atoms with van der Waals surface area (Å²) in [4.78, 5) is 0. The summed E-state index contributed by atoms with van der Waals surface area (Å²) < 4.78 is 0. The number of halogens is 1. The lowest BCUT2D eigenvalue weighted by Crippen LogP contribution is -2.29. The van der Waals surface area contributed by atoms with E-state index in [1.54, 1.807) is 0 Å². The highest BCUT2D eigenvalue weighted by Crippen LogP contribution is 2.38. The Kier molecular flexibility index (Phi) is 3.99. The molecule has 104 valence electrons. The van der Waals surface area contributed by atoms with Crippen molar-refractivity contribution in [2.24, 2.45) is 5.92 Å². The van der Waals surface area contributed by atoms with Gasteiger partial charge in [-0.25, -0.2) is 0 Å². The summed E-state index contributed by atoms with van der Waals surface area (Å²) in [6.45, 7) is 2.21. The van der Waals surface area contributed by atoms with Crippen molar-refractivity contribution < 1.29 is 5.11 Å². The van der Waals surface area contributed by atoms with E-state index in [4.69, 9.17) is 11.6 Å². The molecule has 0 bridgehead atoms. The fourth-order valence-corrected chi connectivity index (χ4v) is 3.78. The molecule has 3 heteroatoms. The molecule has 0 radical (unpaired) electrons. The Morgan fingerprint density at radius 2 is 1.95 bits per heavy atom. The molecule has 1 fully saturated rings. The van der Waals surface area contributed by atoms with E-state index in [0.717, 1.165) is 37.9 Å². The quantitative estimate of drug-likeness (QED) is 0.869. The Balaban J connectivity index is 1.91. The highest BCUT2D eigenvalue weighted by atomic mass is 35.5. The van der Waals surface area contributed by atoms with Crippen LogP contribution in [0.4, 0.5) is 0 Å². The van der Waals surface area contributed by atoms with Crippen LogP contribution in [0.5, 0.6) is 5.75 Å². The minimum atomic E-state index is 0.348. The van der Waals surface area contributed by atoms with Gasteiger partial charge in [0.2, 0.25) is 0 Å². The van der Waals surface area contributed by atoms with Crippen LogP contribution < -0.4 is 5.32 Å². The Bertz CT molecular complexity index is 466. The molecule has 0 atom stereocenters. The van der Waals surface area contributed by atoms with E-state index in [-0.39, 0.29) is 0 Å². The Morgan fingerprint density at radius 1 is 1.21 bits per heavy atom. The summed E-state index contributed by atoms with van der Waals surface area (Å²) >= 11 is 6.21. The molecular weight excluding hydrogens is 258 g/mol. The third-order valence-electron chi connectivity index (χ3n) is 4.64. The van der Waals surface area contributed by atoms with E-state index in [1.807, 2.05) is 6.07 Å². The molecule has 1 aromatic rings. The average Bonchev–Trinajstić information content (AvgIpc) is 2.45. The number of phenolic OH excluding ortho intramolecular Hbond substituents is 1. The molecule has 1 heterocycles. The van der Waals surface area contributed by atoms with Crippen molar-refractivity contribution >= 4 is 11.6 Å². The van der Waals surface area contributed by atoms with Gasteiger partial charge in [0.05, 0.1) is 5.02 Å². The predicted molar refractivity (Wildman–Crippen MR) is 79.1 cm³/mol. The van der Waals surface area contributed by atoms with E-state index in [1.165, 1.54) is 36.8 Å². The second-order valence-corrected chi connectivity index (χ2v) is 6.34. The van der Waals surface area contributed by atoms with Crippen molar-refractivity contribution in [3.63, 3.8) is 0 Å². The first-order valence-electron chi connectivity index (χ1n) is 7.48. The van der Waals surface area contributed by atoms with Crippen molar-refractivity contribution in [1.82, 2.24) is 5.32 Å². The highest BCUT2D eigenvalue weighted by Gasteiger charge is 2.22. The molecule has 0 amide bonds. The number of aromatic hydroxyl groups is 1. The molecule has 2 nitrogen and oxygen atoms in total. The van der Waals surface area contributed by atoms with Crippen LogP contribution in [0.3, 0.4) is 0 Å². The summed E-state index contributed by atoms with van der Waals surface area (Å²) in [7, 11) is 0. The van der Waals surface area contributed by atoms with Crippen molar-refractivity contribution in [1.29, 1.82) is 0 Å². The maximum atomic E-state index is 10.3. The van der Waals surface area contributed by atoms with Gasteiger partial charge in [-0.3, -0.25) is 0 Å². The average molecular weight is 280 g/mol. The monoisotopic (exact) mass is 279 g/mol. The largest absolute Gasteiger partial charge is 0.506 e. The maximum Gasteiger partial charge on any atom is 0.137 e. The third-order valence-corrected chi connectivity index (χ3v) is 4.93. The van der Waals surface area contributed by atoms with Crippen molar-refractivity contribution in [3.8, 4) is 5.75 Å². The van der Waals surface area contributed by atoms with Gasteiger partial charge in [-0.05, 0) is 86.7 Å². The molecule has 3 rings (SSSR count). The van der Waals surface area contributed by atoms with Gasteiger partial charge in [0.25, 0.3) is 0 Å². The lowest BCUT2D eigenvalue weighted by Gasteiger charge is -2.27. The second kappa shape index (κ2) is 5.72. The van der Waals surface area contributed by atoms with E-state index < -0.39 is 0 Å². The molecule has 0 unspecified atom stereocenters. The Labute approximate surface area is 120 Å². The van der Waals surface area contributed by atoms with Gasteiger partial charge in [0.15, 0.2) is 0 Å². The molecule has 1 aliphatic carbocycles. The molecular formula is C16H22ClNO. The van der Waals surface area contributed by atoms with E-state index in [0.29, 0.717) is 16.7 Å². The van der Waals surface area contributed by atoms with E-state index in [2.05, 4.69) is 5.32 Å². The summed E-state index contributed by atoms with van der Waals surface area (Å²) in [6.07, 6.45) is 8.14. The number of rotatable bonds is 2. The summed E-state index contributed by atoms with van der Waals surface area (Å²) in [5, 5.41) is 14.3. The molecule has 0 aromatic heterocycles. The van der Waals surface area contributed by atoms with Gasteiger partial charge in [0, 0.05) is 0 Å². The van der Waals surface area contributed by atoms with E-state index in [9.17, 15) is 5.11 Å². The fraction of sp³-hybridized carbons (Fsp3) is 0.625. The number of phenols is 1. The number of hydrogen-bond donors (Lipinski definition) is 2. The first-order chi connectivity index (χ1) is 9.25. The smallest absolute Gasteiger partial charge is 0.137 e. The van der Waals surface area contributed by atoms with Crippen LogP contribution in [-0.4, -0.2) is 18.2 Å². The van der Waals surface area contributed by atoms with Crippen LogP contribution in [-0.2, 0) is 19.3 Å². The Morgan fingerprint density at radius 3 is 2.74 bits per heavy atom. The predicted octanol–water partition coefficient (Wildman–Crippen LogP) is 3.47. The molecule has 1 aromatic carbocycles. The number of aryl methyl sites for hydroxylation is 1. The molecule has 1 aliphatic heterocycles. The Hall–Kier alpha value is -0.730. The summed E-state index contributed by atoms with van der Waals surface area (Å²) in [6, 6.07) is 1.98. The lowest BCUT2D eigenvalue weighted by molar-refractivity contribution is 0.365. The normalized spacial score (nSPS) is 20.3. The fourth-order valence-electron chi connectivity index (χ4n) is 3.54. The van der Waals surface area contributed by atoms with Crippen LogP contribution >= 0.6 is 11.6 Å². The van der Waals surface area contributed by atoms with Crippen LogP contribution in [0.2, 0.25) is 5.02 Å². The number of piperidine rings is 1. The van der Waals surface area contributed by atoms with E-state index >= 15 is 0 Å². The van der Waals surface area contributed by atoms with Gasteiger partial charge in [-0.1, -0.05) is 11.6 Å². The third kappa shape index (κ3) is 2.75. The SMILES string of the molecule is Oc1c(Cl)cc2c(c1CC1CCNCC1)CCCC2. The van der Waals surface area contributed by atoms with Crippen molar-refractivity contribution in [2.45, 2.75) is 44.9 Å². The van der Waals surface area contributed by atoms with Gasteiger partial charge in [0.1, 0.15) is 5.75 Å². The summed E-state index contributed by atoms with van der Waals surface area (Å²) in [5.74, 6) is 1.04.